The van der Waals surface area contributed by atoms with Crippen LogP contribution in [-0.4, -0.2) is 24.1 Å². The van der Waals surface area contributed by atoms with Gasteiger partial charge in [-0.1, -0.05) is 0 Å². The van der Waals surface area contributed by atoms with E-state index >= 15 is 0 Å². The predicted octanol–water partition coefficient (Wildman–Crippen LogP) is 17.2. The summed E-state index contributed by atoms with van der Waals surface area (Å²) in [7, 11) is 0. The monoisotopic (exact) mass is 751 g/mol. The molecule has 44 heavy (non-hydrogen) atoms. The number of rotatable bonds is 37. The Kier molecular flexibility index (Phi) is 33.6. The second kappa shape index (κ2) is 32.7. The number of halogens is 1. The Labute approximate surface area is 295 Å². The molecule has 0 amide bonds. The van der Waals surface area contributed by atoms with Gasteiger partial charge < -0.3 is 0 Å². The SMILES string of the molecule is CCCCCCCCCC(CCCCCCCC)P(I)(CCCCCCCC)(CCCCCCCC)CCCCCCCC. The zero-order valence-corrected chi connectivity index (χ0v) is 34.9. The molecule has 0 fully saturated rings. The summed E-state index contributed by atoms with van der Waals surface area (Å²) in [5, 5.41) is 0. The van der Waals surface area contributed by atoms with Crippen molar-refractivity contribution in [3.05, 3.63) is 0 Å². The molecule has 0 aromatic carbocycles. The number of hydrogen-bond acceptors (Lipinski definition) is 0. The summed E-state index contributed by atoms with van der Waals surface area (Å²) in [5.41, 5.74) is 1.06. The van der Waals surface area contributed by atoms with Crippen molar-refractivity contribution in [1.29, 1.82) is 0 Å². The van der Waals surface area contributed by atoms with Crippen molar-refractivity contribution in [2.45, 2.75) is 252 Å². The first-order valence-electron chi connectivity index (χ1n) is 21.2. The van der Waals surface area contributed by atoms with Crippen LogP contribution < -0.4 is 0 Å². The van der Waals surface area contributed by atoms with Gasteiger partial charge in [-0.3, -0.25) is 0 Å². The van der Waals surface area contributed by atoms with Crippen LogP contribution in [-0.2, 0) is 0 Å². The summed E-state index contributed by atoms with van der Waals surface area (Å²) in [6, 6.07) is 0. The van der Waals surface area contributed by atoms with Crippen molar-refractivity contribution >= 4 is 26.3 Å². The molecule has 2 heteroatoms. The molecule has 0 saturated heterocycles. The topological polar surface area (TPSA) is 0 Å². The molecule has 0 heterocycles. The van der Waals surface area contributed by atoms with Crippen LogP contribution >= 0.6 is 26.3 Å². The van der Waals surface area contributed by atoms with Gasteiger partial charge in [-0.25, -0.2) is 0 Å². The molecule has 268 valence electrons. The van der Waals surface area contributed by atoms with Crippen molar-refractivity contribution in [3.63, 3.8) is 0 Å². The molecule has 0 nitrogen and oxygen atoms in total. The van der Waals surface area contributed by atoms with E-state index in [0.717, 1.165) is 5.66 Å². The molecule has 1 unspecified atom stereocenters. The number of unbranched alkanes of at least 4 members (excludes halogenated alkanes) is 26. The molecule has 0 bridgehead atoms. The maximum absolute atomic E-state index is 3.36. The molecular formula is C42H88IP. The van der Waals surface area contributed by atoms with Crippen LogP contribution in [0.3, 0.4) is 0 Å². The third-order valence-electron chi connectivity index (χ3n) is 11.1. The molecule has 0 radical (unpaired) electrons. The average Bonchev–Trinajstić information content (AvgIpc) is 3.02. The third kappa shape index (κ3) is 24.3. The Morgan fingerprint density at radius 3 is 0.750 bits per heavy atom. The van der Waals surface area contributed by atoms with Gasteiger partial charge in [0.05, 0.1) is 0 Å². The standard InChI is InChI=1S/C42H88IP/c1-6-11-16-21-26-28-33-38-42(37-32-27-22-17-12-7-2)44(43,39-34-29-23-18-13-8-3,40-35-30-24-19-14-9-4)41-36-31-25-20-15-10-5/h42H,6-41H2,1-5H3. The van der Waals surface area contributed by atoms with Gasteiger partial charge in [-0.05, 0) is 0 Å². The molecule has 0 spiro atoms. The van der Waals surface area contributed by atoms with Crippen LogP contribution in [0.25, 0.3) is 0 Å². The first kappa shape index (κ1) is 45.2. The molecule has 0 N–H and O–H groups in total. The Bertz CT molecular complexity index is 516. The van der Waals surface area contributed by atoms with Crippen molar-refractivity contribution in [3.8, 4) is 0 Å². The van der Waals surface area contributed by atoms with E-state index < -0.39 is 4.25 Å². The van der Waals surface area contributed by atoms with Gasteiger partial charge in [0.15, 0.2) is 0 Å². The number of hydrogen-bond donors (Lipinski definition) is 0. The molecule has 1 atom stereocenters. The van der Waals surface area contributed by atoms with Crippen LogP contribution in [0.5, 0.6) is 0 Å². The first-order valence-corrected chi connectivity index (χ1v) is 26.9. The maximum atomic E-state index is 3.36. The van der Waals surface area contributed by atoms with Crippen molar-refractivity contribution in [2.75, 3.05) is 18.5 Å². The minimum atomic E-state index is -1.83. The molecular weight excluding hydrogens is 662 g/mol. The van der Waals surface area contributed by atoms with E-state index in [-0.39, 0.29) is 0 Å². The Morgan fingerprint density at radius 1 is 0.295 bits per heavy atom. The third-order valence-corrected chi connectivity index (χ3v) is 24.2. The van der Waals surface area contributed by atoms with Gasteiger partial charge in [-0.15, -0.1) is 0 Å². The van der Waals surface area contributed by atoms with E-state index in [1.54, 1.807) is 50.6 Å². The van der Waals surface area contributed by atoms with E-state index in [2.05, 4.69) is 56.7 Å². The second-order valence-electron chi connectivity index (χ2n) is 15.3. The van der Waals surface area contributed by atoms with Gasteiger partial charge >= 0.3 is 297 Å². The normalized spacial score (nSPS) is 13.7. The fraction of sp³-hybridized carbons (Fsp3) is 1.00. The van der Waals surface area contributed by atoms with Gasteiger partial charge in [-0.2, -0.15) is 0 Å². The first-order chi connectivity index (χ1) is 21.5. The molecule has 0 aliphatic carbocycles. The zero-order chi connectivity index (χ0) is 32.5. The van der Waals surface area contributed by atoms with Crippen LogP contribution in [0.4, 0.5) is 0 Å². The molecule has 0 aliphatic heterocycles. The molecule has 0 rings (SSSR count). The van der Waals surface area contributed by atoms with E-state index in [0.29, 0.717) is 0 Å². The van der Waals surface area contributed by atoms with Crippen LogP contribution in [0.2, 0.25) is 0 Å². The van der Waals surface area contributed by atoms with E-state index in [4.69, 9.17) is 0 Å². The summed E-state index contributed by atoms with van der Waals surface area (Å²) < 4.78 is -1.83. The molecule has 0 aliphatic rings. The minimum absolute atomic E-state index is 1.06. The summed E-state index contributed by atoms with van der Waals surface area (Å²) in [4.78, 5) is 0. The van der Waals surface area contributed by atoms with Gasteiger partial charge in [0.1, 0.15) is 0 Å². The van der Waals surface area contributed by atoms with Crippen LogP contribution in [0, 0.1) is 0 Å². The Hall–Kier alpha value is 1.16. The zero-order valence-electron chi connectivity index (χ0n) is 31.9. The summed E-state index contributed by atoms with van der Waals surface area (Å²) >= 11 is 3.36. The summed E-state index contributed by atoms with van der Waals surface area (Å²) in [6.07, 6.45) is 53.7. The van der Waals surface area contributed by atoms with Crippen LogP contribution in [0.15, 0.2) is 0 Å². The van der Waals surface area contributed by atoms with Crippen molar-refractivity contribution in [1.82, 2.24) is 0 Å². The Balaban J connectivity index is 5.85. The average molecular weight is 751 g/mol. The summed E-state index contributed by atoms with van der Waals surface area (Å²) in [5.74, 6) is 0. The fourth-order valence-corrected chi connectivity index (χ4v) is 19.1. The summed E-state index contributed by atoms with van der Waals surface area (Å²) in [6.45, 7) is 11.8. The van der Waals surface area contributed by atoms with E-state index in [9.17, 15) is 0 Å². The van der Waals surface area contributed by atoms with Crippen molar-refractivity contribution in [2.24, 2.45) is 0 Å². The molecule has 0 aromatic heterocycles. The molecule has 0 aromatic rings. The van der Waals surface area contributed by atoms with Gasteiger partial charge in [0, 0.05) is 0 Å². The van der Waals surface area contributed by atoms with Gasteiger partial charge in [0.25, 0.3) is 0 Å². The predicted molar refractivity (Wildman–Crippen MR) is 220 cm³/mol. The fourth-order valence-electron chi connectivity index (χ4n) is 7.97. The van der Waals surface area contributed by atoms with Crippen molar-refractivity contribution < 1.29 is 0 Å². The van der Waals surface area contributed by atoms with Crippen LogP contribution in [0.1, 0.15) is 247 Å². The van der Waals surface area contributed by atoms with E-state index in [1.165, 1.54) is 180 Å². The molecule has 0 saturated carbocycles. The quantitative estimate of drug-likeness (QED) is 0.0337. The van der Waals surface area contributed by atoms with Gasteiger partial charge in [0.2, 0.25) is 0 Å². The van der Waals surface area contributed by atoms with E-state index in [1.807, 2.05) is 0 Å². The Morgan fingerprint density at radius 2 is 0.500 bits per heavy atom. The second-order valence-corrected chi connectivity index (χ2v) is 28.5.